The van der Waals surface area contributed by atoms with Crippen molar-refractivity contribution in [1.29, 1.82) is 0 Å². The summed E-state index contributed by atoms with van der Waals surface area (Å²) in [5.74, 6) is 0.879. The maximum atomic E-state index is 10.6. The molecule has 2 aromatic carbocycles. The molecule has 0 heterocycles. The van der Waals surface area contributed by atoms with E-state index < -0.39 is 6.10 Å². The van der Waals surface area contributed by atoms with Gasteiger partial charge in [-0.1, -0.05) is 28.1 Å². The summed E-state index contributed by atoms with van der Waals surface area (Å²) in [6, 6.07) is 9.93. The zero-order valence-electron chi connectivity index (χ0n) is 12.2. The topological polar surface area (TPSA) is 29.5 Å². The number of benzene rings is 2. The van der Waals surface area contributed by atoms with Gasteiger partial charge in [0, 0.05) is 4.47 Å². The van der Waals surface area contributed by atoms with Crippen molar-refractivity contribution in [3.63, 3.8) is 0 Å². The molecule has 0 aliphatic heterocycles. The molecule has 0 amide bonds. The normalized spacial score (nSPS) is 12.3. The third kappa shape index (κ3) is 2.89. The van der Waals surface area contributed by atoms with Crippen LogP contribution < -0.4 is 4.74 Å². The molecule has 2 nitrogen and oxygen atoms in total. The van der Waals surface area contributed by atoms with E-state index >= 15 is 0 Å². The highest BCUT2D eigenvalue weighted by molar-refractivity contribution is 9.10. The molecular formula is C17H19BrO2. The van der Waals surface area contributed by atoms with Gasteiger partial charge >= 0.3 is 0 Å². The van der Waals surface area contributed by atoms with Crippen LogP contribution in [0.15, 0.2) is 34.8 Å². The number of hydrogen-bond acceptors (Lipinski definition) is 2. The molecule has 0 aromatic heterocycles. The highest BCUT2D eigenvalue weighted by Crippen LogP contribution is 2.33. The molecule has 0 saturated carbocycles. The number of rotatable bonds is 3. The van der Waals surface area contributed by atoms with Crippen LogP contribution in [0.1, 0.15) is 33.9 Å². The van der Waals surface area contributed by atoms with Gasteiger partial charge in [0.1, 0.15) is 11.9 Å². The zero-order chi connectivity index (χ0) is 14.9. The number of aliphatic hydroxyl groups excluding tert-OH is 1. The Bertz CT molecular complexity index is 612. The van der Waals surface area contributed by atoms with Crippen molar-refractivity contribution in [2.45, 2.75) is 26.9 Å². The minimum atomic E-state index is -0.645. The highest BCUT2D eigenvalue weighted by Gasteiger charge is 2.16. The first-order valence-corrected chi connectivity index (χ1v) is 7.32. The average Bonchev–Trinajstić information content (AvgIpc) is 2.37. The number of aryl methyl sites for hydroxylation is 3. The Morgan fingerprint density at radius 3 is 2.15 bits per heavy atom. The molecule has 0 aliphatic carbocycles. The molecule has 2 rings (SSSR count). The molecule has 0 saturated heterocycles. The average molecular weight is 335 g/mol. The lowest BCUT2D eigenvalue weighted by atomic mass is 9.96. The maximum absolute atomic E-state index is 10.6. The quantitative estimate of drug-likeness (QED) is 0.897. The van der Waals surface area contributed by atoms with E-state index in [0.29, 0.717) is 0 Å². The number of methoxy groups -OCH3 is 1. The van der Waals surface area contributed by atoms with Gasteiger partial charge in [-0.05, 0) is 66.8 Å². The summed E-state index contributed by atoms with van der Waals surface area (Å²) in [4.78, 5) is 0. The van der Waals surface area contributed by atoms with E-state index in [-0.39, 0.29) is 0 Å². The van der Waals surface area contributed by atoms with Crippen LogP contribution in [0.2, 0.25) is 0 Å². The summed E-state index contributed by atoms with van der Waals surface area (Å²) in [5.41, 5.74) is 4.98. The molecule has 0 aliphatic rings. The highest BCUT2D eigenvalue weighted by atomic mass is 79.9. The van der Waals surface area contributed by atoms with Crippen LogP contribution in [0.4, 0.5) is 0 Å². The predicted molar refractivity (Wildman–Crippen MR) is 85.4 cm³/mol. The van der Waals surface area contributed by atoms with Gasteiger partial charge in [0.2, 0.25) is 0 Å². The summed E-state index contributed by atoms with van der Waals surface area (Å²) in [6.45, 7) is 6.01. The van der Waals surface area contributed by atoms with Gasteiger partial charge in [-0.15, -0.1) is 0 Å². The molecular weight excluding hydrogens is 316 g/mol. The van der Waals surface area contributed by atoms with E-state index in [0.717, 1.165) is 38.0 Å². The van der Waals surface area contributed by atoms with Gasteiger partial charge in [0.25, 0.3) is 0 Å². The largest absolute Gasteiger partial charge is 0.496 e. The van der Waals surface area contributed by atoms with E-state index in [2.05, 4.69) is 15.9 Å². The van der Waals surface area contributed by atoms with Crippen LogP contribution in [-0.4, -0.2) is 12.2 Å². The minimum absolute atomic E-state index is 0.645. The third-order valence-corrected chi connectivity index (χ3v) is 4.14. The Labute approximate surface area is 128 Å². The molecule has 1 unspecified atom stereocenters. The predicted octanol–water partition coefficient (Wildman–Crippen LogP) is 4.46. The second-order valence-electron chi connectivity index (χ2n) is 5.12. The van der Waals surface area contributed by atoms with Crippen molar-refractivity contribution in [3.8, 4) is 5.75 Å². The fourth-order valence-corrected chi connectivity index (χ4v) is 3.21. The second kappa shape index (κ2) is 5.98. The van der Waals surface area contributed by atoms with Gasteiger partial charge in [0.15, 0.2) is 0 Å². The first-order chi connectivity index (χ1) is 9.43. The molecule has 0 fully saturated rings. The standard InChI is InChI=1S/C17H19BrO2/c1-10-5-6-14(15(18)7-10)16(19)13-8-11(2)17(20-4)12(3)9-13/h5-9,16,19H,1-4H3. The third-order valence-electron chi connectivity index (χ3n) is 3.45. The van der Waals surface area contributed by atoms with Gasteiger partial charge in [0.05, 0.1) is 7.11 Å². The van der Waals surface area contributed by atoms with Gasteiger partial charge in [-0.25, -0.2) is 0 Å². The van der Waals surface area contributed by atoms with Crippen LogP contribution in [0.3, 0.4) is 0 Å². The van der Waals surface area contributed by atoms with Gasteiger partial charge in [-0.3, -0.25) is 0 Å². The lowest BCUT2D eigenvalue weighted by Crippen LogP contribution is -2.03. The monoisotopic (exact) mass is 334 g/mol. The van der Waals surface area contributed by atoms with E-state index in [1.54, 1.807) is 7.11 Å². The van der Waals surface area contributed by atoms with Crippen LogP contribution in [0, 0.1) is 20.8 Å². The van der Waals surface area contributed by atoms with Crippen molar-refractivity contribution >= 4 is 15.9 Å². The molecule has 20 heavy (non-hydrogen) atoms. The summed E-state index contributed by atoms with van der Waals surface area (Å²) in [6.07, 6.45) is -0.645. The molecule has 3 heteroatoms. The fraction of sp³-hybridized carbons (Fsp3) is 0.294. The zero-order valence-corrected chi connectivity index (χ0v) is 13.8. The molecule has 2 aromatic rings. The lowest BCUT2D eigenvalue weighted by Gasteiger charge is -2.17. The number of hydrogen-bond donors (Lipinski definition) is 1. The van der Waals surface area contributed by atoms with Gasteiger partial charge in [-0.2, -0.15) is 0 Å². The second-order valence-corrected chi connectivity index (χ2v) is 5.97. The first-order valence-electron chi connectivity index (χ1n) is 6.53. The summed E-state index contributed by atoms with van der Waals surface area (Å²) >= 11 is 3.53. The molecule has 0 spiro atoms. The van der Waals surface area contributed by atoms with Crippen molar-refractivity contribution in [1.82, 2.24) is 0 Å². The fourth-order valence-electron chi connectivity index (χ4n) is 2.50. The molecule has 0 radical (unpaired) electrons. The summed E-state index contributed by atoms with van der Waals surface area (Å²) in [5, 5.41) is 10.6. The van der Waals surface area contributed by atoms with E-state index in [9.17, 15) is 5.11 Å². The van der Waals surface area contributed by atoms with Crippen molar-refractivity contribution in [3.05, 3.63) is 62.6 Å². The molecule has 1 N–H and O–H groups in total. The number of aliphatic hydroxyl groups is 1. The Balaban J connectivity index is 2.45. The Morgan fingerprint density at radius 1 is 1.05 bits per heavy atom. The maximum Gasteiger partial charge on any atom is 0.124 e. The number of halogens is 1. The smallest absolute Gasteiger partial charge is 0.124 e. The Kier molecular flexibility index (Phi) is 4.51. The van der Waals surface area contributed by atoms with E-state index in [1.165, 1.54) is 0 Å². The van der Waals surface area contributed by atoms with Crippen LogP contribution >= 0.6 is 15.9 Å². The molecule has 106 valence electrons. The minimum Gasteiger partial charge on any atom is -0.496 e. The SMILES string of the molecule is COc1c(C)cc(C(O)c2ccc(C)cc2Br)cc1C. The first kappa shape index (κ1) is 15.1. The number of ether oxygens (including phenoxy) is 1. The van der Waals surface area contributed by atoms with Crippen molar-refractivity contribution < 1.29 is 9.84 Å². The molecule has 1 atom stereocenters. The molecule has 0 bridgehead atoms. The van der Waals surface area contributed by atoms with E-state index in [4.69, 9.17) is 4.74 Å². The lowest BCUT2D eigenvalue weighted by molar-refractivity contribution is 0.219. The van der Waals surface area contributed by atoms with Gasteiger partial charge < -0.3 is 9.84 Å². The van der Waals surface area contributed by atoms with E-state index in [1.807, 2.05) is 51.1 Å². The van der Waals surface area contributed by atoms with Crippen LogP contribution in [0.5, 0.6) is 5.75 Å². The Morgan fingerprint density at radius 2 is 1.65 bits per heavy atom. The Hall–Kier alpha value is -1.32. The van der Waals surface area contributed by atoms with Crippen molar-refractivity contribution in [2.24, 2.45) is 0 Å². The van der Waals surface area contributed by atoms with Crippen LogP contribution in [0.25, 0.3) is 0 Å². The summed E-state index contributed by atoms with van der Waals surface area (Å²) < 4.78 is 6.29. The van der Waals surface area contributed by atoms with Crippen molar-refractivity contribution in [2.75, 3.05) is 7.11 Å². The summed E-state index contributed by atoms with van der Waals surface area (Å²) in [7, 11) is 1.67. The van der Waals surface area contributed by atoms with Crippen LogP contribution in [-0.2, 0) is 0 Å².